The molecule has 3 rings (SSSR count). The summed E-state index contributed by atoms with van der Waals surface area (Å²) in [5.74, 6) is 0. The molecule has 3 aromatic carbocycles. The van der Waals surface area contributed by atoms with Crippen molar-refractivity contribution < 1.29 is 0 Å². The maximum atomic E-state index is 3.48. The molecule has 0 atom stereocenters. The first-order chi connectivity index (χ1) is 11.1. The van der Waals surface area contributed by atoms with Crippen LogP contribution in [-0.4, -0.2) is 0 Å². The van der Waals surface area contributed by atoms with Crippen molar-refractivity contribution in [1.82, 2.24) is 0 Å². The molecule has 0 bridgehead atoms. The topological polar surface area (TPSA) is 24.1 Å². The van der Waals surface area contributed by atoms with E-state index in [0.29, 0.717) is 0 Å². The molecule has 2 heteroatoms. The van der Waals surface area contributed by atoms with Crippen molar-refractivity contribution >= 4 is 22.7 Å². The minimum atomic E-state index is 1.08. The van der Waals surface area contributed by atoms with E-state index in [9.17, 15) is 0 Å². The molecule has 0 aliphatic heterocycles. The van der Waals surface area contributed by atoms with Gasteiger partial charge in [0.1, 0.15) is 0 Å². The van der Waals surface area contributed by atoms with E-state index in [-0.39, 0.29) is 0 Å². The first-order valence-corrected chi connectivity index (χ1v) is 7.89. The average molecular weight is 302 g/mol. The van der Waals surface area contributed by atoms with Crippen LogP contribution >= 0.6 is 0 Å². The molecular weight excluding hydrogens is 280 g/mol. The zero-order valence-electron chi connectivity index (χ0n) is 13.9. The Kier molecular flexibility index (Phi) is 4.33. The monoisotopic (exact) mass is 302 g/mol. The van der Waals surface area contributed by atoms with E-state index in [1.165, 1.54) is 16.7 Å². The highest BCUT2D eigenvalue weighted by atomic mass is 14.9. The second kappa shape index (κ2) is 6.57. The Bertz CT molecular complexity index is 787. The van der Waals surface area contributed by atoms with Gasteiger partial charge in [0.15, 0.2) is 0 Å². The van der Waals surface area contributed by atoms with Gasteiger partial charge >= 0.3 is 0 Å². The summed E-state index contributed by atoms with van der Waals surface area (Å²) in [5.41, 5.74) is 8.29. The van der Waals surface area contributed by atoms with E-state index >= 15 is 0 Å². The fraction of sp³-hybridized carbons (Fsp3) is 0.143. The lowest BCUT2D eigenvalue weighted by molar-refractivity contribution is 1.33. The van der Waals surface area contributed by atoms with Crippen LogP contribution in [-0.2, 0) is 0 Å². The third-order valence-electron chi connectivity index (χ3n) is 4.11. The normalized spacial score (nSPS) is 10.4. The summed E-state index contributed by atoms with van der Waals surface area (Å²) in [7, 11) is 0. The second-order valence-electron chi connectivity index (χ2n) is 5.94. The van der Waals surface area contributed by atoms with Crippen LogP contribution in [0.5, 0.6) is 0 Å². The molecule has 0 aliphatic rings. The minimum Gasteiger partial charge on any atom is -0.356 e. The highest BCUT2D eigenvalue weighted by Crippen LogP contribution is 2.25. The highest BCUT2D eigenvalue weighted by Gasteiger charge is 2.01. The molecule has 2 N–H and O–H groups in total. The Balaban J connectivity index is 1.72. The predicted molar refractivity (Wildman–Crippen MR) is 100 cm³/mol. The highest BCUT2D eigenvalue weighted by molar-refractivity contribution is 5.68. The van der Waals surface area contributed by atoms with Gasteiger partial charge in [-0.3, -0.25) is 0 Å². The van der Waals surface area contributed by atoms with Crippen LogP contribution in [0.15, 0.2) is 66.7 Å². The maximum Gasteiger partial charge on any atom is 0.0416 e. The molecular formula is C21H22N2. The van der Waals surface area contributed by atoms with E-state index in [0.717, 1.165) is 22.7 Å². The van der Waals surface area contributed by atoms with Gasteiger partial charge in [-0.25, -0.2) is 0 Å². The van der Waals surface area contributed by atoms with Gasteiger partial charge in [0, 0.05) is 22.7 Å². The third kappa shape index (κ3) is 3.72. The molecule has 0 aromatic heterocycles. The summed E-state index contributed by atoms with van der Waals surface area (Å²) < 4.78 is 0. The summed E-state index contributed by atoms with van der Waals surface area (Å²) in [5, 5.41) is 6.90. The fourth-order valence-corrected chi connectivity index (χ4v) is 2.48. The average Bonchev–Trinajstić information content (AvgIpc) is 2.56. The van der Waals surface area contributed by atoms with Crippen molar-refractivity contribution in [3.8, 4) is 0 Å². The molecule has 116 valence electrons. The van der Waals surface area contributed by atoms with Crippen LogP contribution in [0.4, 0.5) is 22.7 Å². The predicted octanol–water partition coefficient (Wildman–Crippen LogP) is 6.10. The first-order valence-electron chi connectivity index (χ1n) is 7.89. The summed E-state index contributed by atoms with van der Waals surface area (Å²) in [6, 6.07) is 23.1. The van der Waals surface area contributed by atoms with Crippen LogP contribution in [0.2, 0.25) is 0 Å². The number of nitrogens with one attached hydrogen (secondary N) is 2. The van der Waals surface area contributed by atoms with Crippen LogP contribution in [0.25, 0.3) is 0 Å². The van der Waals surface area contributed by atoms with Crippen LogP contribution < -0.4 is 10.6 Å². The van der Waals surface area contributed by atoms with Gasteiger partial charge in [-0.15, -0.1) is 0 Å². The van der Waals surface area contributed by atoms with Crippen molar-refractivity contribution in [1.29, 1.82) is 0 Å². The van der Waals surface area contributed by atoms with E-state index in [2.05, 4.69) is 98.1 Å². The molecule has 0 unspecified atom stereocenters. The zero-order chi connectivity index (χ0) is 16.2. The lowest BCUT2D eigenvalue weighted by Crippen LogP contribution is -1.95. The molecule has 0 aliphatic carbocycles. The van der Waals surface area contributed by atoms with Gasteiger partial charge in [-0.2, -0.15) is 0 Å². The second-order valence-corrected chi connectivity index (χ2v) is 5.94. The summed E-state index contributed by atoms with van der Waals surface area (Å²) in [6.07, 6.45) is 0. The number of rotatable bonds is 4. The molecule has 0 saturated heterocycles. The summed E-state index contributed by atoms with van der Waals surface area (Å²) in [4.78, 5) is 0. The fourth-order valence-electron chi connectivity index (χ4n) is 2.48. The van der Waals surface area contributed by atoms with Gasteiger partial charge in [-0.1, -0.05) is 29.8 Å². The molecule has 2 nitrogen and oxygen atoms in total. The molecule has 3 aromatic rings. The molecule has 23 heavy (non-hydrogen) atoms. The van der Waals surface area contributed by atoms with Crippen molar-refractivity contribution in [2.24, 2.45) is 0 Å². The lowest BCUT2D eigenvalue weighted by Gasteiger charge is -2.12. The summed E-state index contributed by atoms with van der Waals surface area (Å²) in [6.45, 7) is 6.37. The Morgan fingerprint density at radius 1 is 0.565 bits per heavy atom. The Hall–Kier alpha value is -2.74. The number of hydrogen-bond donors (Lipinski definition) is 2. The van der Waals surface area contributed by atoms with Crippen LogP contribution in [0.3, 0.4) is 0 Å². The van der Waals surface area contributed by atoms with Crippen molar-refractivity contribution in [3.05, 3.63) is 83.4 Å². The van der Waals surface area contributed by atoms with Gasteiger partial charge in [-0.05, 0) is 74.4 Å². The van der Waals surface area contributed by atoms with E-state index in [4.69, 9.17) is 0 Å². The Morgan fingerprint density at radius 2 is 1.09 bits per heavy atom. The van der Waals surface area contributed by atoms with Gasteiger partial charge < -0.3 is 10.6 Å². The lowest BCUT2D eigenvalue weighted by atomic mass is 10.1. The Labute approximate surface area is 138 Å². The number of anilines is 4. The summed E-state index contributed by atoms with van der Waals surface area (Å²) >= 11 is 0. The molecule has 0 radical (unpaired) electrons. The molecule has 0 saturated carbocycles. The Morgan fingerprint density at radius 3 is 1.70 bits per heavy atom. The SMILES string of the molecule is Cc1ccc(Nc2ccc(Nc3cccc(C)c3C)cc2)cc1. The zero-order valence-corrected chi connectivity index (χ0v) is 13.9. The molecule has 0 amide bonds. The van der Waals surface area contributed by atoms with E-state index < -0.39 is 0 Å². The van der Waals surface area contributed by atoms with Crippen molar-refractivity contribution in [2.75, 3.05) is 10.6 Å². The largest absolute Gasteiger partial charge is 0.356 e. The first kappa shape index (κ1) is 15.2. The van der Waals surface area contributed by atoms with Crippen molar-refractivity contribution in [2.45, 2.75) is 20.8 Å². The van der Waals surface area contributed by atoms with Gasteiger partial charge in [0.05, 0.1) is 0 Å². The smallest absolute Gasteiger partial charge is 0.0416 e. The van der Waals surface area contributed by atoms with Gasteiger partial charge in [0.25, 0.3) is 0 Å². The van der Waals surface area contributed by atoms with Gasteiger partial charge in [0.2, 0.25) is 0 Å². The number of benzene rings is 3. The standard InChI is InChI=1S/C21H22N2/c1-15-7-9-18(10-8-15)22-19-11-13-20(14-12-19)23-21-6-4-5-16(2)17(21)3/h4-14,22-23H,1-3H3. The van der Waals surface area contributed by atoms with Crippen LogP contribution in [0, 0.1) is 20.8 Å². The van der Waals surface area contributed by atoms with Crippen molar-refractivity contribution in [3.63, 3.8) is 0 Å². The number of hydrogen-bond acceptors (Lipinski definition) is 2. The molecule has 0 spiro atoms. The van der Waals surface area contributed by atoms with Crippen LogP contribution in [0.1, 0.15) is 16.7 Å². The molecule has 0 fully saturated rings. The maximum absolute atomic E-state index is 3.48. The third-order valence-corrected chi connectivity index (χ3v) is 4.11. The van der Waals surface area contributed by atoms with E-state index in [1.54, 1.807) is 0 Å². The molecule has 0 heterocycles. The quantitative estimate of drug-likeness (QED) is 0.608. The number of aryl methyl sites for hydroxylation is 2. The minimum absolute atomic E-state index is 1.08. The van der Waals surface area contributed by atoms with E-state index in [1.807, 2.05) is 0 Å².